The van der Waals surface area contributed by atoms with E-state index in [0.717, 1.165) is 43.9 Å². The molecule has 0 aromatic carbocycles. The van der Waals surface area contributed by atoms with Gasteiger partial charge in [0.25, 0.3) is 0 Å². The van der Waals surface area contributed by atoms with Crippen LogP contribution in [0.1, 0.15) is 79.1 Å². The van der Waals surface area contributed by atoms with Crippen LogP contribution in [-0.4, -0.2) is 17.9 Å². The van der Waals surface area contributed by atoms with Crippen molar-refractivity contribution in [3.05, 3.63) is 11.6 Å². The highest BCUT2D eigenvalue weighted by Gasteiger charge is 2.59. The third-order valence-corrected chi connectivity index (χ3v) is 8.88. The van der Waals surface area contributed by atoms with Gasteiger partial charge in [0.1, 0.15) is 11.9 Å². The molecule has 0 N–H and O–H groups in total. The number of carbonyl (C=O) groups excluding carboxylic acids is 2. The Balaban J connectivity index is 1.59. The Kier molecular flexibility index (Phi) is 4.36. The molecule has 0 saturated heterocycles. The predicted octanol–water partition coefficient (Wildman–Crippen LogP) is 5.09. The molecule has 0 aliphatic heterocycles. The minimum atomic E-state index is -0.150. The third kappa shape index (κ3) is 2.60. The van der Waals surface area contributed by atoms with Crippen LogP contribution in [0.2, 0.25) is 0 Å². The van der Waals surface area contributed by atoms with Gasteiger partial charge in [-0.3, -0.25) is 9.59 Å². The van der Waals surface area contributed by atoms with E-state index in [9.17, 15) is 9.59 Å². The van der Waals surface area contributed by atoms with Gasteiger partial charge in [-0.05, 0) is 80.5 Å². The lowest BCUT2D eigenvalue weighted by atomic mass is 9.47. The molecule has 3 saturated carbocycles. The molecule has 0 unspecified atom stereocenters. The highest BCUT2D eigenvalue weighted by molar-refractivity contribution is 5.79. The SMILES string of the molecule is CC(=O)O[C@@H]1CC[C@@]2(C)C(=CC[C@@H]3[C@@H]4CC[C@H](C(C)=O)[C@@]4(C)CC[C@@H]32)C1. The van der Waals surface area contributed by atoms with Crippen LogP contribution >= 0.6 is 0 Å². The predicted molar refractivity (Wildman–Crippen MR) is 101 cm³/mol. The van der Waals surface area contributed by atoms with E-state index in [1.165, 1.54) is 26.2 Å². The van der Waals surface area contributed by atoms with Crippen molar-refractivity contribution in [1.82, 2.24) is 0 Å². The first-order valence-electron chi connectivity index (χ1n) is 10.6. The quantitative estimate of drug-likeness (QED) is 0.510. The molecule has 0 heterocycles. The molecule has 0 amide bonds. The summed E-state index contributed by atoms with van der Waals surface area (Å²) >= 11 is 0. The van der Waals surface area contributed by atoms with E-state index in [-0.39, 0.29) is 28.8 Å². The Hall–Kier alpha value is -1.12. The van der Waals surface area contributed by atoms with Crippen LogP contribution in [0.5, 0.6) is 0 Å². The maximum absolute atomic E-state index is 12.2. The minimum absolute atomic E-state index is 0.0748. The van der Waals surface area contributed by atoms with Crippen molar-refractivity contribution >= 4 is 11.8 Å². The first-order chi connectivity index (χ1) is 12.3. The molecular formula is C23H34O3. The average molecular weight is 359 g/mol. The summed E-state index contributed by atoms with van der Waals surface area (Å²) in [6, 6.07) is 0. The number of Topliss-reactive ketones (excluding diaryl/α,β-unsaturated/α-hetero) is 1. The van der Waals surface area contributed by atoms with Gasteiger partial charge in [-0.1, -0.05) is 25.5 Å². The molecule has 0 bridgehead atoms. The zero-order chi connectivity index (χ0) is 18.7. The number of fused-ring (bicyclic) bond motifs is 5. The van der Waals surface area contributed by atoms with Gasteiger partial charge in [-0.15, -0.1) is 0 Å². The normalized spacial score (nSPS) is 47.2. The van der Waals surface area contributed by atoms with Gasteiger partial charge >= 0.3 is 5.97 Å². The zero-order valence-electron chi connectivity index (χ0n) is 16.8. The topological polar surface area (TPSA) is 43.4 Å². The Morgan fingerprint density at radius 1 is 1.04 bits per heavy atom. The van der Waals surface area contributed by atoms with Crippen molar-refractivity contribution < 1.29 is 14.3 Å². The first-order valence-corrected chi connectivity index (χ1v) is 10.6. The highest BCUT2D eigenvalue weighted by atomic mass is 16.5. The second-order valence-corrected chi connectivity index (χ2v) is 10.0. The lowest BCUT2D eigenvalue weighted by Crippen LogP contribution is -2.51. The lowest BCUT2D eigenvalue weighted by molar-refractivity contribution is -0.149. The van der Waals surface area contributed by atoms with Gasteiger partial charge in [-0.25, -0.2) is 0 Å². The molecule has 144 valence electrons. The smallest absolute Gasteiger partial charge is 0.302 e. The summed E-state index contributed by atoms with van der Waals surface area (Å²) in [5, 5.41) is 0. The highest BCUT2D eigenvalue weighted by Crippen LogP contribution is 2.66. The molecule has 0 aromatic rings. The fraction of sp³-hybridized carbons (Fsp3) is 0.826. The molecule has 4 aliphatic carbocycles. The molecule has 0 aromatic heterocycles. The Labute approximate surface area is 157 Å². The van der Waals surface area contributed by atoms with Gasteiger partial charge < -0.3 is 4.74 Å². The van der Waals surface area contributed by atoms with E-state index in [1.54, 1.807) is 12.5 Å². The molecule has 0 spiro atoms. The fourth-order valence-electron chi connectivity index (χ4n) is 7.63. The molecular weight excluding hydrogens is 324 g/mol. The number of esters is 1. The van der Waals surface area contributed by atoms with Crippen molar-refractivity contribution in [1.29, 1.82) is 0 Å². The number of hydrogen-bond donors (Lipinski definition) is 0. The van der Waals surface area contributed by atoms with Crippen molar-refractivity contribution in [2.24, 2.45) is 34.5 Å². The second-order valence-electron chi connectivity index (χ2n) is 10.0. The number of hydrogen-bond acceptors (Lipinski definition) is 3. The summed E-state index contributed by atoms with van der Waals surface area (Å²) < 4.78 is 5.53. The van der Waals surface area contributed by atoms with Crippen LogP contribution in [0.15, 0.2) is 11.6 Å². The monoisotopic (exact) mass is 358 g/mol. The molecule has 26 heavy (non-hydrogen) atoms. The van der Waals surface area contributed by atoms with Gasteiger partial charge in [0.15, 0.2) is 0 Å². The van der Waals surface area contributed by atoms with Crippen LogP contribution in [0.4, 0.5) is 0 Å². The summed E-state index contributed by atoms with van der Waals surface area (Å²) in [6.45, 7) is 8.21. The fourth-order valence-corrected chi connectivity index (χ4v) is 7.63. The van der Waals surface area contributed by atoms with Crippen LogP contribution in [-0.2, 0) is 14.3 Å². The Morgan fingerprint density at radius 2 is 1.81 bits per heavy atom. The molecule has 3 nitrogen and oxygen atoms in total. The summed E-state index contributed by atoms with van der Waals surface area (Å²) in [6.07, 6.45) is 11.6. The Bertz CT molecular complexity index is 650. The van der Waals surface area contributed by atoms with Crippen molar-refractivity contribution in [2.75, 3.05) is 0 Å². The molecule has 0 radical (unpaired) electrons. The molecule has 7 atom stereocenters. The summed E-state index contributed by atoms with van der Waals surface area (Å²) in [7, 11) is 0. The second kappa shape index (κ2) is 6.21. The van der Waals surface area contributed by atoms with Crippen molar-refractivity contribution in [3.63, 3.8) is 0 Å². The van der Waals surface area contributed by atoms with E-state index >= 15 is 0 Å². The van der Waals surface area contributed by atoms with E-state index < -0.39 is 0 Å². The number of ether oxygens (including phenoxy) is 1. The van der Waals surface area contributed by atoms with Crippen LogP contribution < -0.4 is 0 Å². The van der Waals surface area contributed by atoms with Gasteiger partial charge in [0.2, 0.25) is 0 Å². The minimum Gasteiger partial charge on any atom is -0.462 e. The lowest BCUT2D eigenvalue weighted by Gasteiger charge is -2.58. The van der Waals surface area contributed by atoms with Crippen molar-refractivity contribution in [2.45, 2.75) is 85.2 Å². The van der Waals surface area contributed by atoms with Gasteiger partial charge in [0.05, 0.1) is 0 Å². The largest absolute Gasteiger partial charge is 0.462 e. The summed E-state index contributed by atoms with van der Waals surface area (Å²) in [5.74, 6) is 2.72. The maximum Gasteiger partial charge on any atom is 0.302 e. The van der Waals surface area contributed by atoms with Crippen LogP contribution in [0, 0.1) is 34.5 Å². The zero-order valence-corrected chi connectivity index (χ0v) is 16.8. The summed E-state index contributed by atoms with van der Waals surface area (Å²) in [5.41, 5.74) is 2.04. The van der Waals surface area contributed by atoms with E-state index in [0.29, 0.717) is 11.7 Å². The standard InChI is InChI=1S/C23H34O3/c1-14(24)19-7-8-20-18-6-5-16-13-17(26-15(2)25)9-11-22(16,3)21(18)10-12-23(19,20)4/h5,17-21H,6-13H2,1-4H3/t17-,18-,19-,20+,21+,22+,23-/m1/s1. The molecule has 3 heteroatoms. The number of allylic oxidation sites excluding steroid dienone is 1. The van der Waals surface area contributed by atoms with Gasteiger partial charge in [-0.2, -0.15) is 0 Å². The molecule has 3 fully saturated rings. The van der Waals surface area contributed by atoms with Crippen LogP contribution in [0.3, 0.4) is 0 Å². The summed E-state index contributed by atoms with van der Waals surface area (Å²) in [4.78, 5) is 23.6. The number of ketones is 1. The first kappa shape index (κ1) is 18.3. The third-order valence-electron chi connectivity index (χ3n) is 8.88. The molecule has 4 rings (SSSR count). The Morgan fingerprint density at radius 3 is 2.50 bits per heavy atom. The van der Waals surface area contributed by atoms with Gasteiger partial charge in [0, 0.05) is 19.3 Å². The molecule has 4 aliphatic rings. The number of rotatable bonds is 2. The average Bonchev–Trinajstić information content (AvgIpc) is 2.92. The van der Waals surface area contributed by atoms with E-state index in [2.05, 4.69) is 19.9 Å². The maximum atomic E-state index is 12.2. The number of carbonyl (C=O) groups is 2. The van der Waals surface area contributed by atoms with E-state index in [4.69, 9.17) is 4.74 Å². The van der Waals surface area contributed by atoms with Crippen LogP contribution in [0.25, 0.3) is 0 Å². The van der Waals surface area contributed by atoms with Crippen molar-refractivity contribution in [3.8, 4) is 0 Å². The van der Waals surface area contributed by atoms with E-state index in [1.807, 2.05) is 0 Å².